The molecule has 3 aliphatic heterocycles. The number of aliphatic hydroxyl groups is 1. The van der Waals surface area contributed by atoms with Crippen LogP contribution in [-0.2, 0) is 6.54 Å². The third-order valence-corrected chi connectivity index (χ3v) is 7.90. The minimum Gasteiger partial charge on any atom is -0.495 e. The Hall–Kier alpha value is -3.84. The van der Waals surface area contributed by atoms with E-state index in [4.69, 9.17) is 26.1 Å². The Morgan fingerprint density at radius 2 is 1.95 bits per heavy atom. The molecule has 2 unspecified atom stereocenters. The molecule has 3 saturated heterocycles. The Balaban J connectivity index is 1.19. The van der Waals surface area contributed by atoms with Crippen molar-refractivity contribution in [1.82, 2.24) is 19.5 Å². The number of nitrogens with zero attached hydrogens (tertiary/aromatic N) is 6. The van der Waals surface area contributed by atoms with E-state index in [2.05, 4.69) is 27.0 Å². The van der Waals surface area contributed by atoms with Gasteiger partial charge >= 0.3 is 0 Å². The van der Waals surface area contributed by atoms with E-state index in [1.807, 2.05) is 36.5 Å². The Morgan fingerprint density at radius 1 is 1.15 bits per heavy atom. The third kappa shape index (κ3) is 5.06. The number of fused-ring (bicyclic) bond motifs is 3. The normalized spacial score (nSPS) is 18.9. The Bertz CT molecular complexity index is 1580. The number of pyridine rings is 2. The van der Waals surface area contributed by atoms with Gasteiger partial charge in [-0.1, -0.05) is 17.7 Å². The van der Waals surface area contributed by atoms with Crippen molar-refractivity contribution in [3.05, 3.63) is 71.1 Å². The lowest BCUT2D eigenvalue weighted by atomic mass is 9.86. The van der Waals surface area contributed by atoms with E-state index in [-0.39, 0.29) is 6.61 Å². The molecule has 206 valence electrons. The van der Waals surface area contributed by atoms with Gasteiger partial charge in [-0.3, -0.25) is 4.90 Å². The molecule has 0 saturated carbocycles. The molecule has 3 fully saturated rings. The van der Waals surface area contributed by atoms with Crippen molar-refractivity contribution in [3.8, 4) is 28.7 Å². The van der Waals surface area contributed by atoms with Crippen molar-refractivity contribution in [2.45, 2.75) is 44.5 Å². The van der Waals surface area contributed by atoms with E-state index in [0.29, 0.717) is 39.7 Å². The fourth-order valence-corrected chi connectivity index (χ4v) is 5.90. The Labute approximate surface area is 238 Å². The van der Waals surface area contributed by atoms with Gasteiger partial charge < -0.3 is 19.5 Å². The first kappa shape index (κ1) is 26.4. The summed E-state index contributed by atoms with van der Waals surface area (Å²) in [4.78, 5) is 9.71. The fourth-order valence-electron chi connectivity index (χ4n) is 5.62. The summed E-state index contributed by atoms with van der Waals surface area (Å²) in [5.74, 6) is 2.18. The van der Waals surface area contributed by atoms with Crippen molar-refractivity contribution in [2.24, 2.45) is 0 Å². The van der Waals surface area contributed by atoms with E-state index in [1.54, 1.807) is 37.9 Å². The molecule has 1 aromatic carbocycles. The van der Waals surface area contributed by atoms with E-state index < -0.39 is 5.60 Å². The van der Waals surface area contributed by atoms with Gasteiger partial charge in [0, 0.05) is 49.0 Å². The number of methoxy groups -OCH3 is 1. The predicted molar refractivity (Wildman–Crippen MR) is 153 cm³/mol. The highest BCUT2D eigenvalue weighted by Gasteiger charge is 2.44. The Morgan fingerprint density at radius 3 is 2.60 bits per heavy atom. The summed E-state index contributed by atoms with van der Waals surface area (Å²) in [5.41, 5.74) is 3.04. The lowest BCUT2D eigenvalue weighted by molar-refractivity contribution is -0.00868. The van der Waals surface area contributed by atoms with Crippen molar-refractivity contribution in [1.29, 1.82) is 5.26 Å². The maximum atomic E-state index is 10.1. The molecule has 3 aliphatic rings. The molecule has 2 atom stereocenters. The number of hydrogen-bond acceptors (Lipinski definition) is 8. The van der Waals surface area contributed by atoms with Crippen molar-refractivity contribution in [2.75, 3.05) is 31.7 Å². The minimum absolute atomic E-state index is 0.126. The largest absolute Gasteiger partial charge is 0.495 e. The second kappa shape index (κ2) is 10.3. The van der Waals surface area contributed by atoms with Crippen LogP contribution in [0.3, 0.4) is 0 Å². The predicted octanol–water partition coefficient (Wildman–Crippen LogP) is 4.54. The molecule has 3 aromatic heterocycles. The number of ether oxygens (including phenoxy) is 2. The number of halogens is 1. The lowest BCUT2D eigenvalue weighted by Crippen LogP contribution is -2.68. The molecule has 4 aromatic rings. The number of hydrogen-bond donors (Lipinski definition) is 1. The smallest absolute Gasteiger partial charge is 0.138 e. The first-order chi connectivity index (χ1) is 19.2. The molecule has 40 heavy (non-hydrogen) atoms. The molecule has 9 nitrogen and oxygen atoms in total. The summed E-state index contributed by atoms with van der Waals surface area (Å²) < 4.78 is 12.8. The van der Waals surface area contributed by atoms with Gasteiger partial charge in [0.2, 0.25) is 0 Å². The summed E-state index contributed by atoms with van der Waals surface area (Å²) >= 11 is 6.34. The second-order valence-corrected chi connectivity index (χ2v) is 11.6. The summed E-state index contributed by atoms with van der Waals surface area (Å²) in [6.45, 7) is 6.20. The highest BCUT2D eigenvalue weighted by atomic mass is 35.5. The van der Waals surface area contributed by atoms with Crippen LogP contribution in [0.5, 0.6) is 11.5 Å². The highest BCUT2D eigenvalue weighted by Crippen LogP contribution is 2.37. The van der Waals surface area contributed by atoms with Gasteiger partial charge in [-0.25, -0.2) is 9.50 Å². The summed E-state index contributed by atoms with van der Waals surface area (Å²) in [5, 5.41) is 24.7. The molecular weight excluding hydrogens is 528 g/mol. The summed E-state index contributed by atoms with van der Waals surface area (Å²) in [6.07, 6.45) is 6.30. The van der Waals surface area contributed by atoms with E-state index in [0.717, 1.165) is 36.6 Å². The fraction of sp³-hybridized carbons (Fsp3) is 0.367. The van der Waals surface area contributed by atoms with Gasteiger partial charge in [0.25, 0.3) is 0 Å². The number of nitriles is 1. The van der Waals surface area contributed by atoms with Gasteiger partial charge in [-0.15, -0.1) is 0 Å². The van der Waals surface area contributed by atoms with Crippen molar-refractivity contribution >= 4 is 22.9 Å². The van der Waals surface area contributed by atoms with E-state index >= 15 is 0 Å². The minimum atomic E-state index is -0.979. The first-order valence-electron chi connectivity index (χ1n) is 13.3. The summed E-state index contributed by atoms with van der Waals surface area (Å²) in [6, 6.07) is 15.1. The summed E-state index contributed by atoms with van der Waals surface area (Å²) in [7, 11) is 1.63. The van der Waals surface area contributed by atoms with Crippen LogP contribution in [-0.4, -0.2) is 69.1 Å². The average Bonchev–Trinajstić information content (AvgIpc) is 3.37. The van der Waals surface area contributed by atoms with Crippen molar-refractivity contribution in [3.63, 3.8) is 0 Å². The third-order valence-electron chi connectivity index (χ3n) is 7.61. The molecule has 7 rings (SSSR count). The van der Waals surface area contributed by atoms with Crippen LogP contribution >= 0.6 is 11.6 Å². The van der Waals surface area contributed by atoms with E-state index in [9.17, 15) is 10.4 Å². The topological polar surface area (TPSA) is 99.1 Å². The van der Waals surface area contributed by atoms with E-state index in [1.165, 1.54) is 12.0 Å². The average molecular weight is 559 g/mol. The van der Waals surface area contributed by atoms with Crippen molar-refractivity contribution < 1.29 is 14.6 Å². The van der Waals surface area contributed by atoms with Gasteiger partial charge in [0.1, 0.15) is 30.0 Å². The van der Waals surface area contributed by atoms with Crippen LogP contribution in [0, 0.1) is 11.3 Å². The SMILES string of the molecule is COc1ccc(CN2C3CC2CN(c2ccc(-c4cc(OCC(C)(C)O)cn5ncc(C#N)c45)cn2)C3)cc1Cl. The molecule has 0 radical (unpaired) electrons. The van der Waals surface area contributed by atoms with Gasteiger partial charge in [0.05, 0.1) is 41.2 Å². The van der Waals surface area contributed by atoms with Gasteiger partial charge in [-0.2, -0.15) is 10.4 Å². The molecule has 0 amide bonds. The molecule has 6 heterocycles. The number of benzene rings is 1. The van der Waals surface area contributed by atoms with Crippen LogP contribution < -0.4 is 14.4 Å². The molecule has 0 spiro atoms. The van der Waals surface area contributed by atoms with Crippen LogP contribution in [0.25, 0.3) is 16.6 Å². The molecule has 0 aliphatic carbocycles. The number of piperazine rings is 1. The van der Waals surface area contributed by atoms with Crippen LogP contribution in [0.1, 0.15) is 31.4 Å². The zero-order valence-electron chi connectivity index (χ0n) is 22.7. The van der Waals surface area contributed by atoms with Crippen LogP contribution in [0.4, 0.5) is 5.82 Å². The zero-order chi connectivity index (χ0) is 28.0. The van der Waals surface area contributed by atoms with Gasteiger partial charge in [-0.05, 0) is 56.2 Å². The zero-order valence-corrected chi connectivity index (χ0v) is 23.5. The lowest BCUT2D eigenvalue weighted by Gasteiger charge is -2.56. The maximum Gasteiger partial charge on any atom is 0.138 e. The highest BCUT2D eigenvalue weighted by molar-refractivity contribution is 6.32. The van der Waals surface area contributed by atoms with Gasteiger partial charge in [0.15, 0.2) is 0 Å². The molecular formula is C30H31ClN6O3. The molecule has 2 bridgehead atoms. The number of aromatic nitrogens is 3. The maximum absolute atomic E-state index is 10.1. The standard InChI is InChI=1S/C30H31ClN6O3/c1-30(2,38)18-40-24-10-25(29-21(11-32)13-34-37(29)17-24)20-5-7-28(33-12-20)35-15-22-9-23(16-35)36(22)14-19-4-6-27(39-3)26(31)8-19/h4-8,10,12-13,17,22-23,38H,9,14-16,18H2,1-3H3. The van der Waals surface area contributed by atoms with Crippen LogP contribution in [0.15, 0.2) is 55.0 Å². The quantitative estimate of drug-likeness (QED) is 0.336. The monoisotopic (exact) mass is 558 g/mol. The number of anilines is 1. The molecule has 1 N–H and O–H groups in total. The molecule has 10 heteroatoms. The number of rotatable bonds is 8. The number of piperidine rings is 1. The Kier molecular flexibility index (Phi) is 6.78. The van der Waals surface area contributed by atoms with Crippen LogP contribution in [0.2, 0.25) is 5.02 Å². The first-order valence-corrected chi connectivity index (χ1v) is 13.7. The second-order valence-electron chi connectivity index (χ2n) is 11.1.